The van der Waals surface area contributed by atoms with Crippen molar-refractivity contribution in [1.82, 2.24) is 8.97 Å². The fourth-order valence-corrected chi connectivity index (χ4v) is 2.06. The molecule has 0 aliphatic heterocycles. The van der Waals surface area contributed by atoms with E-state index in [1.165, 1.54) is 22.1 Å². The molecule has 0 saturated carbocycles. The summed E-state index contributed by atoms with van der Waals surface area (Å²) in [6.45, 7) is 0. The Morgan fingerprint density at radius 2 is 0.889 bits per heavy atom. The quantitative estimate of drug-likeness (QED) is 0.712. The predicted octanol–water partition coefficient (Wildman–Crippen LogP) is 3.23. The Labute approximate surface area is 110 Å². The summed E-state index contributed by atoms with van der Waals surface area (Å²) in [5.74, 6) is 0. The molecule has 0 amide bonds. The van der Waals surface area contributed by atoms with Crippen molar-refractivity contribution in [3.8, 4) is 0 Å². The molecule has 0 radical (unpaired) electrons. The fourth-order valence-electron chi connectivity index (χ4n) is 2.06. The molecule has 2 nitrogen and oxygen atoms in total. The Morgan fingerprint density at radius 3 is 1.17 bits per heavy atom. The van der Waals surface area contributed by atoms with Crippen LogP contribution < -0.4 is 8.97 Å². The van der Waals surface area contributed by atoms with Gasteiger partial charge in [-0.3, -0.25) is 8.97 Å². The van der Waals surface area contributed by atoms with Crippen molar-refractivity contribution in [2.75, 3.05) is 42.3 Å². The van der Waals surface area contributed by atoms with Gasteiger partial charge in [-0.05, 0) is 35.0 Å². The molecule has 2 heteroatoms. The van der Waals surface area contributed by atoms with Crippen LogP contribution in [0.1, 0.15) is 0 Å². The standard InChI is InChI=1S/C16H24N2/c1-17(2,3)15-9-7-14-12-16(18(4,5)6)10-8-13(14)11-15/h7-12H,1-6H3/q+2. The van der Waals surface area contributed by atoms with Gasteiger partial charge in [-0.1, -0.05) is 0 Å². The summed E-state index contributed by atoms with van der Waals surface area (Å²) in [7, 11) is 13.2. The minimum atomic E-state index is 0.854. The van der Waals surface area contributed by atoms with E-state index in [0.717, 1.165) is 8.97 Å². The molecule has 0 unspecified atom stereocenters. The van der Waals surface area contributed by atoms with E-state index < -0.39 is 0 Å². The number of hydrogen-bond donors (Lipinski definition) is 0. The number of quaternary nitrogens is 2. The molecule has 0 spiro atoms. The molecule has 18 heavy (non-hydrogen) atoms. The lowest BCUT2D eigenvalue weighted by Crippen LogP contribution is -2.35. The molecule has 0 heterocycles. The largest absolute Gasteiger partial charge is 0.298 e. The predicted molar refractivity (Wildman–Crippen MR) is 83.1 cm³/mol. The summed E-state index contributed by atoms with van der Waals surface area (Å²) in [6.07, 6.45) is 0. The van der Waals surface area contributed by atoms with Crippen LogP contribution in [-0.2, 0) is 0 Å². The highest BCUT2D eigenvalue weighted by molar-refractivity contribution is 5.88. The average molecular weight is 244 g/mol. The summed E-state index contributed by atoms with van der Waals surface area (Å²) in [5.41, 5.74) is 2.67. The Balaban J connectivity index is 2.56. The summed E-state index contributed by atoms with van der Waals surface area (Å²) < 4.78 is 1.71. The zero-order valence-corrected chi connectivity index (χ0v) is 12.4. The van der Waals surface area contributed by atoms with Gasteiger partial charge in [-0.15, -0.1) is 0 Å². The molecule has 2 aromatic carbocycles. The van der Waals surface area contributed by atoms with Crippen LogP contribution in [0.15, 0.2) is 36.4 Å². The van der Waals surface area contributed by atoms with Gasteiger partial charge in [0.2, 0.25) is 0 Å². The van der Waals surface area contributed by atoms with Gasteiger partial charge in [-0.25, -0.2) is 0 Å². The van der Waals surface area contributed by atoms with Gasteiger partial charge in [-0.2, -0.15) is 0 Å². The van der Waals surface area contributed by atoms with E-state index in [1.54, 1.807) is 0 Å². The summed E-state index contributed by atoms with van der Waals surface area (Å²) in [6, 6.07) is 13.5. The highest BCUT2D eigenvalue weighted by Crippen LogP contribution is 2.28. The van der Waals surface area contributed by atoms with Gasteiger partial charge >= 0.3 is 0 Å². The van der Waals surface area contributed by atoms with Crippen LogP contribution in [0.3, 0.4) is 0 Å². The van der Waals surface area contributed by atoms with Crippen LogP contribution >= 0.6 is 0 Å². The van der Waals surface area contributed by atoms with Crippen LogP contribution in [0.2, 0.25) is 0 Å². The minimum Gasteiger partial charge on any atom is -0.298 e. The molecule has 2 rings (SSSR count). The molecule has 2 aromatic rings. The SMILES string of the molecule is C[N+](C)(C)c1ccc2cc([N+](C)(C)C)ccc2c1. The number of rotatable bonds is 2. The maximum atomic E-state index is 2.29. The first-order valence-electron chi connectivity index (χ1n) is 6.36. The third kappa shape index (κ3) is 2.55. The van der Waals surface area contributed by atoms with Crippen molar-refractivity contribution >= 4 is 22.1 Å². The Morgan fingerprint density at radius 1 is 0.556 bits per heavy atom. The molecule has 0 fully saturated rings. The van der Waals surface area contributed by atoms with Crippen LogP contribution in [0.25, 0.3) is 10.8 Å². The van der Waals surface area contributed by atoms with Crippen LogP contribution in [0.4, 0.5) is 11.4 Å². The van der Waals surface area contributed by atoms with Crippen molar-refractivity contribution in [1.29, 1.82) is 0 Å². The minimum absolute atomic E-state index is 0.854. The van der Waals surface area contributed by atoms with Crippen LogP contribution in [-0.4, -0.2) is 42.3 Å². The summed E-state index contributed by atoms with van der Waals surface area (Å²) >= 11 is 0. The molecule has 0 aliphatic rings. The molecule has 96 valence electrons. The van der Waals surface area contributed by atoms with Crippen LogP contribution in [0.5, 0.6) is 0 Å². The topological polar surface area (TPSA) is 0 Å². The molecule has 0 atom stereocenters. The Hall–Kier alpha value is -1.38. The van der Waals surface area contributed by atoms with E-state index in [0.29, 0.717) is 0 Å². The van der Waals surface area contributed by atoms with Gasteiger partial charge in [0.25, 0.3) is 0 Å². The number of nitrogens with zero attached hydrogens (tertiary/aromatic N) is 2. The van der Waals surface area contributed by atoms with E-state index in [2.05, 4.69) is 78.7 Å². The second-order valence-corrected chi connectivity index (χ2v) is 6.74. The first-order valence-corrected chi connectivity index (χ1v) is 6.36. The number of hydrogen-bond acceptors (Lipinski definition) is 0. The molecular formula is C16H24N2+2. The fraction of sp³-hybridized carbons (Fsp3) is 0.375. The van der Waals surface area contributed by atoms with Crippen molar-refractivity contribution in [2.24, 2.45) is 0 Å². The van der Waals surface area contributed by atoms with Gasteiger partial charge in [0.15, 0.2) is 0 Å². The van der Waals surface area contributed by atoms with Crippen molar-refractivity contribution < 1.29 is 0 Å². The smallest absolute Gasteiger partial charge is 0.132 e. The normalized spacial score (nSPS) is 13.0. The van der Waals surface area contributed by atoms with Crippen LogP contribution in [0, 0.1) is 0 Å². The molecule has 0 saturated heterocycles. The third-order valence-electron chi connectivity index (χ3n) is 3.36. The first kappa shape index (κ1) is 13.1. The average Bonchev–Trinajstić information content (AvgIpc) is 2.25. The summed E-state index contributed by atoms with van der Waals surface area (Å²) in [5, 5.41) is 2.63. The number of benzene rings is 2. The highest BCUT2D eigenvalue weighted by Gasteiger charge is 2.15. The van der Waals surface area contributed by atoms with E-state index in [9.17, 15) is 0 Å². The lowest BCUT2D eigenvalue weighted by atomic mass is 10.1. The van der Waals surface area contributed by atoms with Crippen molar-refractivity contribution in [2.45, 2.75) is 0 Å². The Bertz CT molecular complexity index is 518. The van der Waals surface area contributed by atoms with Gasteiger partial charge in [0, 0.05) is 12.1 Å². The maximum absolute atomic E-state index is 2.29. The van der Waals surface area contributed by atoms with Gasteiger partial charge in [0.1, 0.15) is 11.4 Å². The Kier molecular flexibility index (Phi) is 2.96. The van der Waals surface area contributed by atoms with E-state index in [4.69, 9.17) is 0 Å². The molecule has 0 aromatic heterocycles. The van der Waals surface area contributed by atoms with Crippen molar-refractivity contribution in [3.05, 3.63) is 36.4 Å². The first-order chi connectivity index (χ1) is 8.18. The van der Waals surface area contributed by atoms with Gasteiger partial charge < -0.3 is 0 Å². The lowest BCUT2D eigenvalue weighted by Gasteiger charge is -2.25. The van der Waals surface area contributed by atoms with Gasteiger partial charge in [0.05, 0.1) is 42.3 Å². The monoisotopic (exact) mass is 244 g/mol. The zero-order valence-electron chi connectivity index (χ0n) is 12.4. The lowest BCUT2D eigenvalue weighted by molar-refractivity contribution is 0.486. The maximum Gasteiger partial charge on any atom is 0.132 e. The molecule has 0 aliphatic carbocycles. The van der Waals surface area contributed by atoms with E-state index >= 15 is 0 Å². The highest BCUT2D eigenvalue weighted by atomic mass is 15.3. The van der Waals surface area contributed by atoms with E-state index in [-0.39, 0.29) is 0 Å². The molecule has 0 bridgehead atoms. The molecule has 0 N–H and O–H groups in total. The third-order valence-corrected chi connectivity index (χ3v) is 3.36. The second kappa shape index (κ2) is 4.08. The number of fused-ring (bicyclic) bond motifs is 1. The zero-order chi connectivity index (χ0) is 13.6. The van der Waals surface area contributed by atoms with Crippen molar-refractivity contribution in [3.63, 3.8) is 0 Å². The summed E-state index contributed by atoms with van der Waals surface area (Å²) in [4.78, 5) is 0. The second-order valence-electron chi connectivity index (χ2n) is 6.74. The molecular weight excluding hydrogens is 220 g/mol. The van der Waals surface area contributed by atoms with E-state index in [1.807, 2.05) is 0 Å².